The van der Waals surface area contributed by atoms with Crippen molar-refractivity contribution in [3.63, 3.8) is 0 Å². The van der Waals surface area contributed by atoms with E-state index in [1.54, 1.807) is 0 Å². The first-order chi connectivity index (χ1) is 15.8. The summed E-state index contributed by atoms with van der Waals surface area (Å²) in [5.41, 5.74) is 1.33. The molecule has 2 saturated heterocycles. The summed E-state index contributed by atoms with van der Waals surface area (Å²) in [6.07, 6.45) is 10.2. The van der Waals surface area contributed by atoms with Crippen LogP contribution in [-0.2, 0) is 9.53 Å². The molecule has 32 heavy (non-hydrogen) atoms. The Bertz CT molecular complexity index is 763. The highest BCUT2D eigenvalue weighted by atomic mass is 16.7. The van der Waals surface area contributed by atoms with E-state index in [2.05, 4.69) is 22.3 Å². The Labute approximate surface area is 192 Å². The number of carbonyl (C=O) groups excluding carboxylic acids is 1. The molecule has 1 aliphatic carbocycles. The average Bonchev–Trinajstić information content (AvgIpc) is 3.34. The molecular weight excluding hydrogens is 404 g/mol. The molecule has 0 unspecified atom stereocenters. The summed E-state index contributed by atoms with van der Waals surface area (Å²) in [5, 5.41) is 3.33. The number of rotatable bonds is 6. The van der Waals surface area contributed by atoms with Gasteiger partial charge < -0.3 is 24.4 Å². The summed E-state index contributed by atoms with van der Waals surface area (Å²) in [7, 11) is 0. The third kappa shape index (κ3) is 5.23. The Morgan fingerprint density at radius 2 is 1.75 bits per heavy atom. The molecule has 5 rings (SSSR count). The minimum absolute atomic E-state index is 0.167. The van der Waals surface area contributed by atoms with Gasteiger partial charge in [-0.05, 0) is 95.3 Å². The Kier molecular flexibility index (Phi) is 7.18. The van der Waals surface area contributed by atoms with Crippen LogP contribution in [0.15, 0.2) is 18.2 Å². The third-order valence-corrected chi connectivity index (χ3v) is 8.09. The first-order valence-electron chi connectivity index (χ1n) is 12.8. The summed E-state index contributed by atoms with van der Waals surface area (Å²) < 4.78 is 16.7. The van der Waals surface area contributed by atoms with Gasteiger partial charge in [-0.15, -0.1) is 0 Å². The summed E-state index contributed by atoms with van der Waals surface area (Å²) >= 11 is 0. The summed E-state index contributed by atoms with van der Waals surface area (Å²) in [6, 6.07) is 6.70. The van der Waals surface area contributed by atoms with Gasteiger partial charge >= 0.3 is 0 Å². The predicted molar refractivity (Wildman–Crippen MR) is 123 cm³/mol. The van der Waals surface area contributed by atoms with Crippen molar-refractivity contribution >= 4 is 5.91 Å². The van der Waals surface area contributed by atoms with E-state index in [0.29, 0.717) is 18.8 Å². The van der Waals surface area contributed by atoms with E-state index < -0.39 is 0 Å². The van der Waals surface area contributed by atoms with E-state index >= 15 is 0 Å². The topological polar surface area (TPSA) is 60.0 Å². The van der Waals surface area contributed by atoms with Crippen LogP contribution in [0, 0.1) is 11.8 Å². The quantitative estimate of drug-likeness (QED) is 0.719. The largest absolute Gasteiger partial charge is 0.454 e. The van der Waals surface area contributed by atoms with Gasteiger partial charge in [0.25, 0.3) is 0 Å². The Morgan fingerprint density at radius 1 is 0.969 bits per heavy atom. The second-order valence-electron chi connectivity index (χ2n) is 10.1. The van der Waals surface area contributed by atoms with E-state index in [1.165, 1.54) is 57.3 Å². The Morgan fingerprint density at radius 3 is 2.53 bits per heavy atom. The van der Waals surface area contributed by atoms with E-state index in [4.69, 9.17) is 14.2 Å². The molecule has 3 heterocycles. The zero-order valence-electron chi connectivity index (χ0n) is 19.2. The number of nitrogens with one attached hydrogen (secondary N) is 1. The predicted octanol–water partition coefficient (Wildman–Crippen LogP) is 4.09. The monoisotopic (exact) mass is 442 g/mol. The van der Waals surface area contributed by atoms with Crippen LogP contribution in [0.4, 0.5) is 0 Å². The minimum atomic E-state index is 0.167. The summed E-state index contributed by atoms with van der Waals surface area (Å²) in [5.74, 6) is 3.71. The molecule has 0 spiro atoms. The lowest BCUT2D eigenvalue weighted by molar-refractivity contribution is -0.128. The number of nitrogens with zero attached hydrogens (tertiary/aromatic N) is 1. The Balaban J connectivity index is 1.00. The molecule has 1 aromatic carbocycles. The maximum absolute atomic E-state index is 12.5. The van der Waals surface area contributed by atoms with Gasteiger partial charge in [0.1, 0.15) is 0 Å². The fourth-order valence-electron chi connectivity index (χ4n) is 5.98. The number of para-hydroxylation sites is 1. The lowest BCUT2D eigenvalue weighted by atomic mass is 9.83. The SMILES string of the molecule is O=C(NC1CCC(CCN2CCC(c3cccc4c3OCO4)CC2)CC1)C1CCOCC1. The first kappa shape index (κ1) is 22.0. The van der Waals surface area contributed by atoms with Crippen LogP contribution < -0.4 is 14.8 Å². The van der Waals surface area contributed by atoms with Crippen molar-refractivity contribution in [3.8, 4) is 11.5 Å². The van der Waals surface area contributed by atoms with Gasteiger partial charge in [-0.25, -0.2) is 0 Å². The van der Waals surface area contributed by atoms with Crippen LogP contribution in [0.5, 0.6) is 11.5 Å². The smallest absolute Gasteiger partial charge is 0.231 e. The number of hydrogen-bond acceptors (Lipinski definition) is 5. The van der Waals surface area contributed by atoms with Gasteiger partial charge in [-0.3, -0.25) is 4.79 Å². The highest BCUT2D eigenvalue weighted by Gasteiger charge is 2.29. The number of benzene rings is 1. The van der Waals surface area contributed by atoms with Crippen molar-refractivity contribution < 1.29 is 19.0 Å². The molecule has 1 saturated carbocycles. The minimum Gasteiger partial charge on any atom is -0.454 e. The van der Waals surface area contributed by atoms with Crippen LogP contribution in [0.3, 0.4) is 0 Å². The maximum atomic E-state index is 12.5. The molecule has 1 amide bonds. The van der Waals surface area contributed by atoms with Gasteiger partial charge in [-0.1, -0.05) is 12.1 Å². The van der Waals surface area contributed by atoms with E-state index in [-0.39, 0.29) is 11.8 Å². The van der Waals surface area contributed by atoms with Gasteiger partial charge in [0, 0.05) is 30.7 Å². The molecule has 1 N–H and O–H groups in total. The average molecular weight is 443 g/mol. The van der Waals surface area contributed by atoms with E-state index in [9.17, 15) is 4.79 Å². The summed E-state index contributed by atoms with van der Waals surface area (Å²) in [6.45, 7) is 5.38. The lowest BCUT2D eigenvalue weighted by Crippen LogP contribution is -2.42. The molecule has 0 atom stereocenters. The van der Waals surface area contributed by atoms with Crippen molar-refractivity contribution in [3.05, 3.63) is 23.8 Å². The van der Waals surface area contributed by atoms with Gasteiger partial charge in [0.2, 0.25) is 12.7 Å². The van der Waals surface area contributed by atoms with Crippen LogP contribution in [0.2, 0.25) is 0 Å². The Hall–Kier alpha value is -1.79. The van der Waals surface area contributed by atoms with Crippen molar-refractivity contribution in [2.45, 2.75) is 69.7 Å². The van der Waals surface area contributed by atoms with Gasteiger partial charge in [0.05, 0.1) is 0 Å². The molecule has 6 nitrogen and oxygen atoms in total. The van der Waals surface area contributed by atoms with Gasteiger partial charge in [0.15, 0.2) is 11.5 Å². The van der Waals surface area contributed by atoms with Crippen LogP contribution >= 0.6 is 0 Å². The molecule has 4 aliphatic rings. The normalized spacial score (nSPS) is 27.4. The van der Waals surface area contributed by atoms with E-state index in [1.807, 2.05) is 6.07 Å². The zero-order chi connectivity index (χ0) is 21.8. The second-order valence-corrected chi connectivity index (χ2v) is 10.1. The zero-order valence-corrected chi connectivity index (χ0v) is 19.2. The number of piperidine rings is 1. The molecule has 6 heteroatoms. The number of likely N-dealkylation sites (tertiary alicyclic amines) is 1. The fraction of sp³-hybridized carbons (Fsp3) is 0.731. The van der Waals surface area contributed by atoms with E-state index in [0.717, 1.165) is 56.3 Å². The van der Waals surface area contributed by atoms with Gasteiger partial charge in [-0.2, -0.15) is 0 Å². The number of ether oxygens (including phenoxy) is 3. The molecule has 1 aromatic rings. The summed E-state index contributed by atoms with van der Waals surface area (Å²) in [4.78, 5) is 15.1. The highest BCUT2D eigenvalue weighted by molar-refractivity contribution is 5.79. The van der Waals surface area contributed by atoms with Crippen molar-refractivity contribution in [1.82, 2.24) is 10.2 Å². The molecule has 3 aliphatic heterocycles. The van der Waals surface area contributed by atoms with Crippen molar-refractivity contribution in [2.75, 3.05) is 39.6 Å². The molecular formula is C26H38N2O4. The molecule has 0 aromatic heterocycles. The van der Waals surface area contributed by atoms with Crippen molar-refractivity contribution in [1.29, 1.82) is 0 Å². The molecule has 3 fully saturated rings. The van der Waals surface area contributed by atoms with Crippen molar-refractivity contribution in [2.24, 2.45) is 11.8 Å². The van der Waals surface area contributed by atoms with Crippen LogP contribution in [0.1, 0.15) is 69.3 Å². The first-order valence-corrected chi connectivity index (χ1v) is 12.8. The standard InChI is InChI=1S/C26H38N2O4/c29-26(21-11-16-30-17-12-21)27-22-6-4-19(5-7-22)8-13-28-14-9-20(10-15-28)23-2-1-3-24-25(23)32-18-31-24/h1-3,19-22H,4-18H2,(H,27,29). The lowest BCUT2D eigenvalue weighted by Gasteiger charge is -2.35. The fourth-order valence-corrected chi connectivity index (χ4v) is 5.98. The highest BCUT2D eigenvalue weighted by Crippen LogP contribution is 2.42. The molecule has 176 valence electrons. The molecule has 0 bridgehead atoms. The number of hydrogen-bond donors (Lipinski definition) is 1. The number of fused-ring (bicyclic) bond motifs is 1. The second kappa shape index (κ2) is 10.4. The maximum Gasteiger partial charge on any atom is 0.231 e. The van der Waals surface area contributed by atoms with Crippen LogP contribution in [0.25, 0.3) is 0 Å². The number of amides is 1. The third-order valence-electron chi connectivity index (χ3n) is 8.09. The molecule has 0 radical (unpaired) electrons. The number of carbonyl (C=O) groups is 1. The van der Waals surface area contributed by atoms with Crippen LogP contribution in [-0.4, -0.2) is 56.5 Å².